The van der Waals surface area contributed by atoms with Gasteiger partial charge in [0.1, 0.15) is 5.75 Å². The van der Waals surface area contributed by atoms with Gasteiger partial charge in [-0.1, -0.05) is 340 Å². The molecule has 2 unspecified atom stereocenters. The van der Waals surface area contributed by atoms with E-state index in [9.17, 15) is 0 Å². The van der Waals surface area contributed by atoms with Crippen LogP contribution in [0.5, 0.6) is 5.75 Å². The van der Waals surface area contributed by atoms with Crippen molar-refractivity contribution in [3.8, 4) is 5.75 Å². The third kappa shape index (κ3) is 37.5. The Morgan fingerprint density at radius 1 is 0.271 bits per heavy atom. The predicted molar refractivity (Wildman–Crippen MR) is 544 cm³/mol. The van der Waals surface area contributed by atoms with Crippen LogP contribution in [0.15, 0.2) is 84.0 Å². The van der Waals surface area contributed by atoms with Gasteiger partial charge < -0.3 is 9.47 Å². The maximum Gasteiger partial charge on any atom is 0.118 e. The molecule has 118 heavy (non-hydrogen) atoms. The summed E-state index contributed by atoms with van der Waals surface area (Å²) in [5.74, 6) is 25.9. The van der Waals surface area contributed by atoms with Gasteiger partial charge in [0.15, 0.2) is 0 Å². The van der Waals surface area contributed by atoms with Gasteiger partial charge in [-0.3, -0.25) is 0 Å². The minimum Gasteiger partial charge on any atom is -0.497 e. The van der Waals surface area contributed by atoms with Crippen molar-refractivity contribution >= 4 is 0 Å². The van der Waals surface area contributed by atoms with Crippen molar-refractivity contribution in [1.29, 1.82) is 0 Å². The topological polar surface area (TPSA) is 18.5 Å². The SMILES string of the molecule is CC1=CCC(C2CCC(C)CC2)CC1.CC1CC=C(C2CCC(C)CC2)CC1.CC1CCC(/C=C/C2CCC(C)CC2)CC1.CC1CCC(C2CCC(C)CC2)CC1.CC1CCC(CCC2CCC(C)CC2)CC1.COC1CCC(C2CCC(C)CC2)CC1.COc1ccc(C2CCC(C)CC2)cc1.Cc1ccc(C2CCC(C)CC2)cc1.[HH].[HH].[HH].[HH].[HH].[HH].[HH].[HH].[HH].[HH].[HH].[HH]. The van der Waals surface area contributed by atoms with Crippen molar-refractivity contribution in [3.05, 3.63) is 101 Å². The smallest absolute Gasteiger partial charge is 0.118 e. The van der Waals surface area contributed by atoms with Gasteiger partial charge in [-0.05, 0) is 365 Å². The minimum absolute atomic E-state index is 0. The number of hydrogen-bond donors (Lipinski definition) is 0. The van der Waals surface area contributed by atoms with E-state index in [-0.39, 0.29) is 17.1 Å². The van der Waals surface area contributed by atoms with Crippen molar-refractivity contribution in [2.75, 3.05) is 14.2 Å². The molecule has 2 aromatic rings. The fraction of sp³-hybridized carbons (Fsp3) is 0.845. The van der Waals surface area contributed by atoms with Crippen LogP contribution in [-0.4, -0.2) is 20.3 Å². The van der Waals surface area contributed by atoms with Gasteiger partial charge in [0, 0.05) is 24.2 Å². The lowest BCUT2D eigenvalue weighted by atomic mass is 9.70. The average molecular weight is 1650 g/mol. The summed E-state index contributed by atoms with van der Waals surface area (Å²) in [6.45, 7) is 33.4. The van der Waals surface area contributed by atoms with Crippen LogP contribution in [0.25, 0.3) is 0 Å². The monoisotopic (exact) mass is 1650 g/mol. The number of benzene rings is 2. The summed E-state index contributed by atoms with van der Waals surface area (Å²) in [6.07, 6.45) is 92.7. The predicted octanol–water partition coefficient (Wildman–Crippen LogP) is 39.6. The van der Waals surface area contributed by atoms with E-state index in [1.54, 1.807) is 56.8 Å². The lowest BCUT2D eigenvalue weighted by Crippen LogP contribution is -2.27. The van der Waals surface area contributed by atoms with Gasteiger partial charge in [0.2, 0.25) is 0 Å². The molecule has 698 valence electrons. The zero-order valence-corrected chi connectivity index (χ0v) is 81.4. The lowest BCUT2D eigenvalue weighted by molar-refractivity contribution is 0.0399. The number of hydrogen-bond acceptors (Lipinski definition) is 2. The van der Waals surface area contributed by atoms with Gasteiger partial charge in [-0.2, -0.15) is 0 Å². The van der Waals surface area contributed by atoms with E-state index in [2.05, 4.69) is 170 Å². The molecule has 16 rings (SSSR count). The second-order valence-corrected chi connectivity index (χ2v) is 45.9. The molecule has 2 aromatic carbocycles. The van der Waals surface area contributed by atoms with E-state index in [0.29, 0.717) is 6.10 Å². The molecule has 0 radical (unpaired) electrons. The quantitative estimate of drug-likeness (QED) is 0.186. The molecular weight excluding hydrogens is 1430 g/mol. The van der Waals surface area contributed by atoms with Crippen molar-refractivity contribution in [2.45, 2.75) is 474 Å². The van der Waals surface area contributed by atoms with Crippen LogP contribution in [0.3, 0.4) is 0 Å². The molecule has 12 saturated carbocycles. The van der Waals surface area contributed by atoms with E-state index >= 15 is 0 Å². The highest BCUT2D eigenvalue weighted by Gasteiger charge is 2.34. The summed E-state index contributed by atoms with van der Waals surface area (Å²) < 4.78 is 10.6. The van der Waals surface area contributed by atoms with Crippen LogP contribution in [0.1, 0.15) is 495 Å². The maximum absolute atomic E-state index is 5.44. The fourth-order valence-corrected chi connectivity index (χ4v) is 25.1. The Kier molecular flexibility index (Phi) is 46.3. The first-order valence-corrected chi connectivity index (χ1v) is 53.3. The van der Waals surface area contributed by atoms with Crippen LogP contribution in [0.4, 0.5) is 0 Å². The van der Waals surface area contributed by atoms with Crippen LogP contribution in [0, 0.1) is 143 Å². The third-order valence-electron chi connectivity index (χ3n) is 35.4. The van der Waals surface area contributed by atoms with Crippen LogP contribution < -0.4 is 4.74 Å². The van der Waals surface area contributed by atoms with E-state index in [4.69, 9.17) is 9.47 Å². The van der Waals surface area contributed by atoms with Gasteiger partial charge in [-0.15, -0.1) is 0 Å². The Labute approximate surface area is 753 Å². The molecule has 0 N–H and O–H groups in total. The summed E-state index contributed by atoms with van der Waals surface area (Å²) >= 11 is 0. The molecule has 14 aliphatic rings. The lowest BCUT2D eigenvalue weighted by Gasteiger charge is -2.36. The molecule has 0 heterocycles. The van der Waals surface area contributed by atoms with Crippen LogP contribution in [-0.2, 0) is 4.74 Å². The molecule has 0 spiro atoms. The summed E-state index contributed by atoms with van der Waals surface area (Å²) in [6, 6.07) is 17.7. The normalized spacial score (nSPS) is 37.9. The Bertz CT molecular complexity index is 2890. The van der Waals surface area contributed by atoms with E-state index in [1.165, 1.54) is 332 Å². The van der Waals surface area contributed by atoms with Crippen molar-refractivity contribution in [3.63, 3.8) is 0 Å². The summed E-state index contributed by atoms with van der Waals surface area (Å²) in [7, 11) is 3.59. The van der Waals surface area contributed by atoms with Crippen molar-refractivity contribution in [2.24, 2.45) is 136 Å². The molecule has 2 atom stereocenters. The number of rotatable bonds is 13. The summed E-state index contributed by atoms with van der Waals surface area (Å²) in [5.41, 5.74) is 7.86. The summed E-state index contributed by atoms with van der Waals surface area (Å²) in [5, 5.41) is 0. The zero-order valence-electron chi connectivity index (χ0n) is 81.4. The summed E-state index contributed by atoms with van der Waals surface area (Å²) in [4.78, 5) is 0. The molecule has 14 aliphatic carbocycles. The highest BCUT2D eigenvalue weighted by atomic mass is 16.5. The molecule has 0 aromatic heterocycles. The second kappa shape index (κ2) is 55.1. The highest BCUT2D eigenvalue weighted by Crippen LogP contribution is 2.46. The Hall–Kier alpha value is -2.58. The molecule has 0 saturated heterocycles. The van der Waals surface area contributed by atoms with Crippen LogP contribution in [0.2, 0.25) is 0 Å². The number of aryl methyl sites for hydroxylation is 1. The first-order chi connectivity index (χ1) is 57.1. The maximum atomic E-state index is 5.44. The first-order valence-electron chi connectivity index (χ1n) is 53.3. The van der Waals surface area contributed by atoms with Crippen molar-refractivity contribution in [1.82, 2.24) is 0 Å². The van der Waals surface area contributed by atoms with Gasteiger partial charge in [0.25, 0.3) is 0 Å². The van der Waals surface area contributed by atoms with Gasteiger partial charge >= 0.3 is 0 Å². The largest absolute Gasteiger partial charge is 0.497 e. The number of ether oxygens (including phenoxy) is 2. The minimum atomic E-state index is 0. The molecule has 12 fully saturated rings. The van der Waals surface area contributed by atoms with E-state index in [0.717, 1.165) is 154 Å². The molecule has 2 heteroatoms. The zero-order chi connectivity index (χ0) is 84.0. The van der Waals surface area contributed by atoms with E-state index < -0.39 is 0 Å². The second-order valence-electron chi connectivity index (χ2n) is 45.9. The number of methoxy groups -OCH3 is 2. The standard InChI is InChI=1S/C16H30.C16H28.C14H26O.C14H20O.C14H26.2C14H24.C14H20.12H2/c2*1-13-3-7-15(8-4-13)11-12-16-9-5-14(2)6-10-16;2*1-11-3-5-12(6-4-11)13-7-9-14(15-2)10-8-13;4*1-11-3-7-13(8-4-11)14-9-5-12(2)6-10-14;;;;;;;;;;;;/h13-16H,3-12H2,1-2H3;11-16H,3-10H2,1-2H3;11-14H,3-10H2,1-2H3;7-12H,3-6H2,1-2H3;11-14H,3-10H2,1-2H3;7,11-12,14H,3-6,8-10H2,1-2H3;3,12-14H,4-10H2,1-2H3;3-4,7-8,12,14H,5-6,9-10H2,1-2H3;12*1H/b;12-11+;;;;;;;;;;;;;;;;;;. The highest BCUT2D eigenvalue weighted by molar-refractivity contribution is 5.30. The fourth-order valence-electron chi connectivity index (χ4n) is 25.1. The first kappa shape index (κ1) is 99.2. The molecule has 0 aliphatic heterocycles. The van der Waals surface area contributed by atoms with Gasteiger partial charge in [-0.25, -0.2) is 0 Å². The Morgan fingerprint density at radius 2 is 0.568 bits per heavy atom. The molecule has 2 nitrogen and oxygen atoms in total. The average Bonchev–Trinajstić information content (AvgIpc) is 0.890. The van der Waals surface area contributed by atoms with E-state index in [1.807, 2.05) is 12.7 Å². The van der Waals surface area contributed by atoms with Crippen LogP contribution >= 0.6 is 0 Å². The van der Waals surface area contributed by atoms with Crippen molar-refractivity contribution < 1.29 is 26.6 Å². The Morgan fingerprint density at radius 3 is 0.873 bits per heavy atom. The van der Waals surface area contributed by atoms with Gasteiger partial charge in [0.05, 0.1) is 13.2 Å². The molecule has 0 amide bonds. The Balaban J connectivity index is -0.000000689. The molecular formula is C116H222O2. The number of allylic oxidation sites excluding steroid dienone is 6. The third-order valence-corrected chi connectivity index (χ3v) is 35.4. The molecule has 0 bridgehead atoms.